The van der Waals surface area contributed by atoms with Gasteiger partial charge >= 0.3 is 12.0 Å². The van der Waals surface area contributed by atoms with Crippen LogP contribution in [0, 0.1) is 5.92 Å². The number of carbonyl (C=O) groups excluding carboxylic acids is 1. The van der Waals surface area contributed by atoms with Crippen LogP contribution in [0.25, 0.3) is 0 Å². The van der Waals surface area contributed by atoms with E-state index in [-0.39, 0.29) is 12.6 Å². The zero-order valence-electron chi connectivity index (χ0n) is 12.4. The van der Waals surface area contributed by atoms with Crippen LogP contribution >= 0.6 is 0 Å². The van der Waals surface area contributed by atoms with Crippen molar-refractivity contribution in [3.63, 3.8) is 0 Å². The number of carbonyl (C=O) groups is 2. The predicted molar refractivity (Wildman–Crippen MR) is 74.5 cm³/mol. The minimum atomic E-state index is -1.94. The molecule has 1 atom stereocenters. The fourth-order valence-electron chi connectivity index (χ4n) is 2.09. The van der Waals surface area contributed by atoms with Crippen molar-refractivity contribution in [1.82, 2.24) is 15.1 Å². The average Bonchev–Trinajstić information content (AvgIpc) is 2.36. The number of carboxylic acid groups (broad SMARTS) is 1. The Morgan fingerprint density at radius 2 is 1.80 bits per heavy atom. The molecule has 0 saturated carbocycles. The van der Waals surface area contributed by atoms with Gasteiger partial charge in [-0.1, -0.05) is 13.8 Å². The third-order valence-corrected chi connectivity index (χ3v) is 3.33. The number of aliphatic hydroxyl groups is 1. The average molecular weight is 287 g/mol. The Labute approximate surface area is 119 Å². The summed E-state index contributed by atoms with van der Waals surface area (Å²) in [6, 6.07) is -0.323. The summed E-state index contributed by atoms with van der Waals surface area (Å²) in [5, 5.41) is 20.8. The maximum absolute atomic E-state index is 11.9. The van der Waals surface area contributed by atoms with Crippen molar-refractivity contribution in [2.45, 2.75) is 26.4 Å². The molecule has 0 aromatic rings. The molecule has 1 unspecified atom stereocenters. The molecule has 2 amide bonds. The number of piperazine rings is 1. The Hall–Kier alpha value is -1.34. The van der Waals surface area contributed by atoms with Crippen molar-refractivity contribution in [3.05, 3.63) is 0 Å². The molecule has 7 nitrogen and oxygen atoms in total. The zero-order valence-corrected chi connectivity index (χ0v) is 12.4. The third kappa shape index (κ3) is 4.97. The second-order valence-electron chi connectivity index (χ2n) is 5.92. The highest BCUT2D eigenvalue weighted by Crippen LogP contribution is 2.06. The number of urea groups is 1. The van der Waals surface area contributed by atoms with Crippen LogP contribution in [0.1, 0.15) is 20.8 Å². The summed E-state index contributed by atoms with van der Waals surface area (Å²) in [7, 11) is 0. The molecule has 7 heteroatoms. The minimum absolute atomic E-state index is 0.298. The van der Waals surface area contributed by atoms with Crippen molar-refractivity contribution in [2.24, 2.45) is 5.92 Å². The highest BCUT2D eigenvalue weighted by molar-refractivity contribution is 5.79. The third-order valence-electron chi connectivity index (χ3n) is 3.33. The van der Waals surface area contributed by atoms with Crippen molar-refractivity contribution < 1.29 is 19.8 Å². The molecular weight excluding hydrogens is 262 g/mol. The maximum Gasteiger partial charge on any atom is 0.337 e. The topological polar surface area (TPSA) is 93.1 Å². The van der Waals surface area contributed by atoms with Gasteiger partial charge in [0, 0.05) is 32.7 Å². The van der Waals surface area contributed by atoms with Gasteiger partial charge in [0.15, 0.2) is 5.60 Å². The highest BCUT2D eigenvalue weighted by Gasteiger charge is 2.31. The van der Waals surface area contributed by atoms with Crippen molar-refractivity contribution in [2.75, 3.05) is 39.3 Å². The zero-order chi connectivity index (χ0) is 15.3. The van der Waals surface area contributed by atoms with Gasteiger partial charge in [-0.3, -0.25) is 4.90 Å². The van der Waals surface area contributed by atoms with E-state index in [9.17, 15) is 14.7 Å². The maximum atomic E-state index is 11.9. The van der Waals surface area contributed by atoms with Gasteiger partial charge in [-0.25, -0.2) is 9.59 Å². The van der Waals surface area contributed by atoms with E-state index in [1.165, 1.54) is 0 Å². The van der Waals surface area contributed by atoms with Crippen LogP contribution < -0.4 is 5.32 Å². The van der Waals surface area contributed by atoms with E-state index in [0.717, 1.165) is 26.6 Å². The summed E-state index contributed by atoms with van der Waals surface area (Å²) in [6.45, 7) is 9.08. The fourth-order valence-corrected chi connectivity index (χ4v) is 2.09. The first-order valence-corrected chi connectivity index (χ1v) is 6.93. The summed E-state index contributed by atoms with van der Waals surface area (Å²) in [5.74, 6) is -0.749. The number of aliphatic carboxylic acids is 1. The summed E-state index contributed by atoms with van der Waals surface area (Å²) >= 11 is 0. The molecule has 1 aliphatic heterocycles. The van der Waals surface area contributed by atoms with Crippen molar-refractivity contribution >= 4 is 12.0 Å². The summed E-state index contributed by atoms with van der Waals surface area (Å²) in [4.78, 5) is 26.6. The second-order valence-corrected chi connectivity index (χ2v) is 5.92. The van der Waals surface area contributed by atoms with Crippen LogP contribution in [0.2, 0.25) is 0 Å². The lowest BCUT2D eigenvalue weighted by Gasteiger charge is -2.35. The van der Waals surface area contributed by atoms with Crippen LogP contribution in [0.4, 0.5) is 4.79 Å². The molecule has 1 saturated heterocycles. The summed E-state index contributed by atoms with van der Waals surface area (Å²) < 4.78 is 0. The summed E-state index contributed by atoms with van der Waals surface area (Å²) in [5.41, 5.74) is -1.94. The Morgan fingerprint density at radius 3 is 2.25 bits per heavy atom. The number of carboxylic acids is 1. The molecule has 0 aliphatic carbocycles. The lowest BCUT2D eigenvalue weighted by molar-refractivity contribution is -0.155. The summed E-state index contributed by atoms with van der Waals surface area (Å²) in [6.07, 6.45) is 0. The van der Waals surface area contributed by atoms with Gasteiger partial charge in [0.05, 0.1) is 6.54 Å². The van der Waals surface area contributed by atoms with E-state index in [2.05, 4.69) is 24.1 Å². The first-order valence-electron chi connectivity index (χ1n) is 6.93. The monoisotopic (exact) mass is 287 g/mol. The van der Waals surface area contributed by atoms with Crippen LogP contribution in [-0.4, -0.2) is 76.9 Å². The fraction of sp³-hybridized carbons (Fsp3) is 0.846. The number of hydrogen-bond acceptors (Lipinski definition) is 4. The van der Waals surface area contributed by atoms with E-state index >= 15 is 0 Å². The molecule has 1 rings (SSSR count). The quantitative estimate of drug-likeness (QED) is 0.651. The molecular formula is C13H25N3O4. The number of hydrogen-bond donors (Lipinski definition) is 3. The molecule has 0 aromatic heterocycles. The number of amides is 2. The van der Waals surface area contributed by atoms with Gasteiger partial charge in [0.1, 0.15) is 0 Å². The molecule has 0 spiro atoms. The molecule has 0 aromatic carbocycles. The lowest BCUT2D eigenvalue weighted by atomic mass is 10.1. The van der Waals surface area contributed by atoms with E-state index in [0.29, 0.717) is 19.0 Å². The predicted octanol–water partition coefficient (Wildman–Crippen LogP) is -0.195. The second kappa shape index (κ2) is 6.90. The van der Waals surface area contributed by atoms with Crippen LogP contribution in [0.3, 0.4) is 0 Å². The Morgan fingerprint density at radius 1 is 1.25 bits per heavy atom. The largest absolute Gasteiger partial charge is 0.479 e. The normalized spacial score (nSPS) is 19.8. The smallest absolute Gasteiger partial charge is 0.337 e. The molecule has 3 N–H and O–H groups in total. The first kappa shape index (κ1) is 16.7. The Balaban J connectivity index is 2.34. The van der Waals surface area contributed by atoms with Gasteiger partial charge in [-0.15, -0.1) is 0 Å². The molecule has 0 bridgehead atoms. The molecule has 1 heterocycles. The number of rotatable bonds is 5. The van der Waals surface area contributed by atoms with Crippen LogP contribution in [0.5, 0.6) is 0 Å². The number of nitrogens with one attached hydrogen (secondary N) is 1. The number of nitrogens with zero attached hydrogens (tertiary/aromatic N) is 2. The Bertz CT molecular complexity index is 350. The standard InChI is InChI=1S/C13H25N3O4/c1-10(2)8-15-4-6-16(7-5-15)12(19)14-9-13(3,20)11(17)18/h10,20H,4-9H2,1-3H3,(H,14,19)(H,17,18). The van der Waals surface area contributed by atoms with Gasteiger partial charge in [0.2, 0.25) is 0 Å². The molecule has 0 radical (unpaired) electrons. The van der Waals surface area contributed by atoms with Crippen LogP contribution in [0.15, 0.2) is 0 Å². The van der Waals surface area contributed by atoms with E-state index in [4.69, 9.17) is 5.11 Å². The van der Waals surface area contributed by atoms with E-state index in [1.807, 2.05) is 0 Å². The van der Waals surface area contributed by atoms with E-state index in [1.54, 1.807) is 4.90 Å². The minimum Gasteiger partial charge on any atom is -0.479 e. The van der Waals surface area contributed by atoms with E-state index < -0.39 is 11.6 Å². The molecule has 20 heavy (non-hydrogen) atoms. The van der Waals surface area contributed by atoms with Gasteiger partial charge in [-0.05, 0) is 12.8 Å². The van der Waals surface area contributed by atoms with Crippen LogP contribution in [-0.2, 0) is 4.79 Å². The lowest BCUT2D eigenvalue weighted by Crippen LogP contribution is -2.55. The molecule has 1 fully saturated rings. The van der Waals surface area contributed by atoms with Crippen molar-refractivity contribution in [3.8, 4) is 0 Å². The SMILES string of the molecule is CC(C)CN1CCN(C(=O)NCC(C)(O)C(=O)O)CC1. The van der Waals surface area contributed by atoms with Crippen molar-refractivity contribution in [1.29, 1.82) is 0 Å². The highest BCUT2D eigenvalue weighted by atomic mass is 16.4. The van der Waals surface area contributed by atoms with Gasteiger partial charge in [0.25, 0.3) is 0 Å². The first-order chi connectivity index (χ1) is 9.22. The Kier molecular flexibility index (Phi) is 5.76. The van der Waals surface area contributed by atoms with Gasteiger partial charge < -0.3 is 20.4 Å². The molecule has 1 aliphatic rings. The van der Waals surface area contributed by atoms with Gasteiger partial charge in [-0.2, -0.15) is 0 Å². The molecule has 116 valence electrons.